The molecule has 0 N–H and O–H groups in total. The molecule has 1 aliphatic heterocycles. The number of benzene rings is 2. The molecule has 0 saturated carbocycles. The number of fused-ring (bicyclic) bond motifs is 2. The van der Waals surface area contributed by atoms with E-state index < -0.39 is 0 Å². The first kappa shape index (κ1) is 7.63. The second-order valence-electron chi connectivity index (χ2n) is 3.49. The SMILES string of the molecule is c1ccc2c(c1)[13CH2]c1ccccc1O2. The summed E-state index contributed by atoms with van der Waals surface area (Å²) in [4.78, 5) is 0. The zero-order valence-electron chi connectivity index (χ0n) is 7.73. The molecule has 0 aromatic heterocycles. The van der Waals surface area contributed by atoms with E-state index in [0.29, 0.717) is 0 Å². The van der Waals surface area contributed by atoms with Crippen LogP contribution in [0.4, 0.5) is 0 Å². The van der Waals surface area contributed by atoms with Crippen molar-refractivity contribution >= 4 is 0 Å². The fourth-order valence-electron chi connectivity index (χ4n) is 1.82. The molecule has 0 aliphatic carbocycles. The largest absolute Gasteiger partial charge is 0.457 e. The van der Waals surface area contributed by atoms with Gasteiger partial charge in [-0.15, -0.1) is 0 Å². The van der Waals surface area contributed by atoms with Gasteiger partial charge in [0.2, 0.25) is 0 Å². The summed E-state index contributed by atoms with van der Waals surface area (Å²) in [5.41, 5.74) is 2.54. The zero-order valence-corrected chi connectivity index (χ0v) is 7.73. The van der Waals surface area contributed by atoms with E-state index in [0.717, 1.165) is 17.9 Å². The molecule has 2 aromatic carbocycles. The van der Waals surface area contributed by atoms with Gasteiger partial charge in [-0.1, -0.05) is 36.4 Å². The molecule has 0 bridgehead atoms. The van der Waals surface area contributed by atoms with Crippen molar-refractivity contribution in [3.8, 4) is 11.5 Å². The van der Waals surface area contributed by atoms with E-state index in [1.165, 1.54) is 11.1 Å². The van der Waals surface area contributed by atoms with Crippen molar-refractivity contribution in [2.24, 2.45) is 0 Å². The molecule has 0 amide bonds. The molecular weight excluding hydrogens is 173 g/mol. The Kier molecular flexibility index (Phi) is 1.57. The summed E-state index contributed by atoms with van der Waals surface area (Å²) in [6, 6.07) is 16.4. The number of ether oxygens (including phenoxy) is 1. The number of hydrogen-bond donors (Lipinski definition) is 0. The van der Waals surface area contributed by atoms with E-state index in [1.807, 2.05) is 24.3 Å². The third-order valence-electron chi connectivity index (χ3n) is 2.55. The summed E-state index contributed by atoms with van der Waals surface area (Å²) in [7, 11) is 0. The fraction of sp³-hybridized carbons (Fsp3) is 0.0769. The van der Waals surface area contributed by atoms with Crippen LogP contribution in [-0.2, 0) is 6.42 Å². The Morgan fingerprint density at radius 2 is 1.21 bits per heavy atom. The summed E-state index contributed by atoms with van der Waals surface area (Å²) in [5, 5.41) is 0. The Labute approximate surface area is 83.0 Å². The van der Waals surface area contributed by atoms with Gasteiger partial charge in [0.15, 0.2) is 0 Å². The van der Waals surface area contributed by atoms with E-state index >= 15 is 0 Å². The maximum absolute atomic E-state index is 5.78. The van der Waals surface area contributed by atoms with Gasteiger partial charge in [-0.25, -0.2) is 0 Å². The molecule has 1 nitrogen and oxygen atoms in total. The quantitative estimate of drug-likeness (QED) is 0.485. The van der Waals surface area contributed by atoms with Gasteiger partial charge in [0.05, 0.1) is 0 Å². The van der Waals surface area contributed by atoms with Gasteiger partial charge in [-0.3, -0.25) is 0 Å². The van der Waals surface area contributed by atoms with E-state index in [9.17, 15) is 0 Å². The highest BCUT2D eigenvalue weighted by molar-refractivity contribution is 5.49. The molecule has 0 unspecified atom stereocenters. The lowest BCUT2D eigenvalue weighted by Gasteiger charge is -2.19. The maximum Gasteiger partial charge on any atom is 0.130 e. The first-order chi connectivity index (χ1) is 6.93. The minimum Gasteiger partial charge on any atom is -0.457 e. The highest BCUT2D eigenvalue weighted by Gasteiger charge is 2.14. The van der Waals surface area contributed by atoms with Crippen molar-refractivity contribution < 1.29 is 4.74 Å². The number of para-hydroxylation sites is 2. The van der Waals surface area contributed by atoms with Crippen LogP contribution in [0.2, 0.25) is 0 Å². The van der Waals surface area contributed by atoms with Crippen molar-refractivity contribution in [1.82, 2.24) is 0 Å². The number of hydrogen-bond acceptors (Lipinski definition) is 1. The topological polar surface area (TPSA) is 9.23 Å². The molecule has 3 rings (SSSR count). The minimum atomic E-state index is 0.979. The molecule has 1 aliphatic rings. The third kappa shape index (κ3) is 1.10. The van der Waals surface area contributed by atoms with Crippen LogP contribution in [0.1, 0.15) is 11.1 Å². The minimum absolute atomic E-state index is 0.979. The molecule has 2 aromatic rings. The van der Waals surface area contributed by atoms with Crippen molar-refractivity contribution in [1.29, 1.82) is 0 Å². The Morgan fingerprint density at radius 3 is 1.79 bits per heavy atom. The summed E-state index contributed by atoms with van der Waals surface area (Å²) in [6.45, 7) is 0. The normalized spacial score (nSPS) is 12.6. The second-order valence-corrected chi connectivity index (χ2v) is 3.49. The van der Waals surface area contributed by atoms with E-state index in [2.05, 4.69) is 24.3 Å². The van der Waals surface area contributed by atoms with Crippen LogP contribution in [0.5, 0.6) is 11.5 Å². The summed E-state index contributed by atoms with van der Waals surface area (Å²) in [6.07, 6.45) is 0.979. The van der Waals surface area contributed by atoms with Crippen molar-refractivity contribution in [2.45, 2.75) is 6.42 Å². The monoisotopic (exact) mass is 183 g/mol. The third-order valence-corrected chi connectivity index (χ3v) is 2.55. The maximum atomic E-state index is 5.78. The number of rotatable bonds is 0. The fourth-order valence-corrected chi connectivity index (χ4v) is 1.82. The van der Waals surface area contributed by atoms with E-state index in [1.54, 1.807) is 0 Å². The molecule has 14 heavy (non-hydrogen) atoms. The Balaban J connectivity index is 2.12. The first-order valence-electron chi connectivity index (χ1n) is 4.77. The first-order valence-corrected chi connectivity index (χ1v) is 4.77. The lowest BCUT2D eigenvalue weighted by Crippen LogP contribution is -2.01. The predicted octanol–water partition coefficient (Wildman–Crippen LogP) is 3.38. The van der Waals surface area contributed by atoms with Gasteiger partial charge < -0.3 is 4.74 Å². The zero-order chi connectivity index (χ0) is 9.38. The van der Waals surface area contributed by atoms with Gasteiger partial charge in [-0.2, -0.15) is 0 Å². The molecule has 0 fully saturated rings. The van der Waals surface area contributed by atoms with Gasteiger partial charge >= 0.3 is 0 Å². The second kappa shape index (κ2) is 2.88. The average molecular weight is 183 g/mol. The molecule has 68 valence electrons. The standard InChI is InChI=1S/C13H10O/c1-3-7-12-10(5-1)9-11-6-2-4-8-13(11)14-12/h1-8H,9H2/i9+1. The van der Waals surface area contributed by atoms with Crippen LogP contribution in [-0.4, -0.2) is 0 Å². The van der Waals surface area contributed by atoms with Crippen molar-refractivity contribution in [3.05, 3.63) is 59.7 Å². The Hall–Kier alpha value is -1.76. The lowest BCUT2D eigenvalue weighted by molar-refractivity contribution is 0.460. The predicted molar refractivity (Wildman–Crippen MR) is 55.8 cm³/mol. The molecule has 0 radical (unpaired) electrons. The molecule has 0 saturated heterocycles. The molecular formula is C13H10O. The van der Waals surface area contributed by atoms with Gasteiger partial charge in [0.25, 0.3) is 0 Å². The Bertz CT molecular complexity index is 387. The molecule has 1 heteroatoms. The van der Waals surface area contributed by atoms with Crippen LogP contribution in [0.25, 0.3) is 0 Å². The van der Waals surface area contributed by atoms with E-state index in [-0.39, 0.29) is 0 Å². The summed E-state index contributed by atoms with van der Waals surface area (Å²) < 4.78 is 5.78. The van der Waals surface area contributed by atoms with Crippen LogP contribution >= 0.6 is 0 Å². The van der Waals surface area contributed by atoms with Crippen molar-refractivity contribution in [2.75, 3.05) is 0 Å². The van der Waals surface area contributed by atoms with Gasteiger partial charge in [-0.05, 0) is 23.3 Å². The molecule has 0 spiro atoms. The summed E-state index contributed by atoms with van der Waals surface area (Å²) in [5.74, 6) is 1.98. The van der Waals surface area contributed by atoms with Crippen molar-refractivity contribution in [3.63, 3.8) is 0 Å². The van der Waals surface area contributed by atoms with Crippen LogP contribution in [0, 0.1) is 0 Å². The van der Waals surface area contributed by atoms with Crippen LogP contribution in [0.15, 0.2) is 48.5 Å². The summed E-state index contributed by atoms with van der Waals surface area (Å²) >= 11 is 0. The van der Waals surface area contributed by atoms with E-state index in [4.69, 9.17) is 4.74 Å². The van der Waals surface area contributed by atoms with Crippen LogP contribution < -0.4 is 4.74 Å². The average Bonchev–Trinajstić information content (AvgIpc) is 2.26. The highest BCUT2D eigenvalue weighted by Crippen LogP contribution is 2.35. The lowest BCUT2D eigenvalue weighted by atomic mass is 10.1. The highest BCUT2D eigenvalue weighted by atomic mass is 16.5. The molecule has 1 heterocycles. The Morgan fingerprint density at radius 1 is 0.714 bits per heavy atom. The van der Waals surface area contributed by atoms with Gasteiger partial charge in [0, 0.05) is 6.42 Å². The van der Waals surface area contributed by atoms with Crippen LogP contribution in [0.3, 0.4) is 0 Å². The smallest absolute Gasteiger partial charge is 0.130 e. The van der Waals surface area contributed by atoms with Gasteiger partial charge in [0.1, 0.15) is 11.5 Å². The molecule has 0 atom stereocenters.